The third kappa shape index (κ3) is 3.16. The molecule has 3 rings (SSSR count). The zero-order valence-corrected chi connectivity index (χ0v) is 14.4. The maximum absolute atomic E-state index is 13.3. The molecule has 2 aromatic carbocycles. The summed E-state index contributed by atoms with van der Waals surface area (Å²) in [4.78, 5) is 12.9. The molecule has 1 heterocycles. The lowest BCUT2D eigenvalue weighted by Gasteiger charge is -2.12. The molecule has 0 spiro atoms. The lowest BCUT2D eigenvalue weighted by molar-refractivity contribution is 0.103. The number of halogens is 2. The smallest absolute Gasteiger partial charge is 0.265 e. The van der Waals surface area contributed by atoms with E-state index in [1.165, 1.54) is 37.7 Å². The number of nitrogens with one attached hydrogen (secondary N) is 1. The molecular formula is C17H13ClFNO3S. The van der Waals surface area contributed by atoms with Gasteiger partial charge in [0.25, 0.3) is 5.91 Å². The van der Waals surface area contributed by atoms with Crippen LogP contribution >= 0.6 is 22.9 Å². The Morgan fingerprint density at radius 2 is 1.88 bits per heavy atom. The van der Waals surface area contributed by atoms with Crippen LogP contribution in [0.2, 0.25) is 5.02 Å². The number of carbonyl (C=O) groups excluding carboxylic acids is 1. The van der Waals surface area contributed by atoms with E-state index in [1.54, 1.807) is 24.3 Å². The van der Waals surface area contributed by atoms with Crippen LogP contribution in [0.1, 0.15) is 9.67 Å². The van der Waals surface area contributed by atoms with Gasteiger partial charge < -0.3 is 14.8 Å². The molecule has 0 atom stereocenters. The average molecular weight is 366 g/mol. The van der Waals surface area contributed by atoms with Crippen molar-refractivity contribution in [3.05, 3.63) is 52.1 Å². The van der Waals surface area contributed by atoms with Gasteiger partial charge in [0.1, 0.15) is 17.3 Å². The fourth-order valence-corrected chi connectivity index (χ4v) is 3.45. The molecule has 0 saturated heterocycles. The van der Waals surface area contributed by atoms with Crippen molar-refractivity contribution in [1.29, 1.82) is 0 Å². The van der Waals surface area contributed by atoms with Gasteiger partial charge in [-0.1, -0.05) is 11.6 Å². The van der Waals surface area contributed by atoms with Crippen LogP contribution in [0.25, 0.3) is 10.1 Å². The number of hydrogen-bond acceptors (Lipinski definition) is 4. The number of thiophene rings is 1. The molecule has 24 heavy (non-hydrogen) atoms. The molecule has 0 unspecified atom stereocenters. The molecule has 1 aromatic heterocycles. The summed E-state index contributed by atoms with van der Waals surface area (Å²) in [5.41, 5.74) is 0.428. The number of hydrogen-bond donors (Lipinski definition) is 1. The SMILES string of the molecule is COc1cc(OC)c(NC(=O)c2cc3cc(F)ccc3s2)cc1Cl. The number of ether oxygens (including phenoxy) is 2. The van der Waals surface area contributed by atoms with E-state index in [4.69, 9.17) is 21.1 Å². The maximum Gasteiger partial charge on any atom is 0.265 e. The molecule has 0 aliphatic heterocycles. The van der Waals surface area contributed by atoms with Gasteiger partial charge in [0, 0.05) is 10.8 Å². The van der Waals surface area contributed by atoms with Gasteiger partial charge in [0.2, 0.25) is 0 Å². The molecule has 0 fully saturated rings. The highest BCUT2D eigenvalue weighted by molar-refractivity contribution is 7.20. The molecule has 1 amide bonds. The summed E-state index contributed by atoms with van der Waals surface area (Å²) in [5, 5.41) is 3.80. The van der Waals surface area contributed by atoms with Crippen molar-refractivity contribution in [1.82, 2.24) is 0 Å². The van der Waals surface area contributed by atoms with Crippen molar-refractivity contribution in [2.45, 2.75) is 0 Å². The predicted molar refractivity (Wildman–Crippen MR) is 94.3 cm³/mol. The highest BCUT2D eigenvalue weighted by Crippen LogP contribution is 2.36. The Bertz CT molecular complexity index is 926. The van der Waals surface area contributed by atoms with E-state index in [0.29, 0.717) is 32.5 Å². The van der Waals surface area contributed by atoms with E-state index >= 15 is 0 Å². The van der Waals surface area contributed by atoms with Gasteiger partial charge in [-0.2, -0.15) is 0 Å². The van der Waals surface area contributed by atoms with E-state index in [-0.39, 0.29) is 11.7 Å². The number of carbonyl (C=O) groups is 1. The van der Waals surface area contributed by atoms with Gasteiger partial charge >= 0.3 is 0 Å². The summed E-state index contributed by atoms with van der Waals surface area (Å²) >= 11 is 7.38. The molecule has 0 bridgehead atoms. The van der Waals surface area contributed by atoms with Gasteiger partial charge in [0.15, 0.2) is 0 Å². The first-order valence-electron chi connectivity index (χ1n) is 6.94. The quantitative estimate of drug-likeness (QED) is 0.710. The van der Waals surface area contributed by atoms with Gasteiger partial charge in [0.05, 0.1) is 29.8 Å². The van der Waals surface area contributed by atoms with Crippen molar-refractivity contribution in [3.8, 4) is 11.5 Å². The van der Waals surface area contributed by atoms with E-state index in [9.17, 15) is 9.18 Å². The number of benzene rings is 2. The molecule has 0 saturated carbocycles. The van der Waals surface area contributed by atoms with E-state index in [0.717, 1.165) is 4.70 Å². The third-order valence-electron chi connectivity index (χ3n) is 3.42. The van der Waals surface area contributed by atoms with E-state index in [1.807, 2.05) is 0 Å². The summed E-state index contributed by atoms with van der Waals surface area (Å²) in [6.07, 6.45) is 0. The zero-order chi connectivity index (χ0) is 17.3. The van der Waals surface area contributed by atoms with Crippen LogP contribution in [0.15, 0.2) is 36.4 Å². The average Bonchev–Trinajstić information content (AvgIpc) is 2.98. The topological polar surface area (TPSA) is 47.6 Å². The monoisotopic (exact) mass is 365 g/mol. The Balaban J connectivity index is 1.92. The van der Waals surface area contributed by atoms with Gasteiger partial charge in [-0.05, 0) is 35.7 Å². The van der Waals surface area contributed by atoms with Gasteiger partial charge in [-0.3, -0.25) is 4.79 Å². The minimum Gasteiger partial charge on any atom is -0.495 e. The highest BCUT2D eigenvalue weighted by Gasteiger charge is 2.15. The summed E-state index contributed by atoms with van der Waals surface area (Å²) in [7, 11) is 2.98. The summed E-state index contributed by atoms with van der Waals surface area (Å²) < 4.78 is 24.5. The lowest BCUT2D eigenvalue weighted by Crippen LogP contribution is -2.11. The lowest BCUT2D eigenvalue weighted by atomic mass is 10.2. The Labute approximate surface area is 146 Å². The highest BCUT2D eigenvalue weighted by atomic mass is 35.5. The van der Waals surface area contributed by atoms with Crippen molar-refractivity contribution in [2.75, 3.05) is 19.5 Å². The second kappa shape index (κ2) is 6.67. The molecule has 1 N–H and O–H groups in total. The van der Waals surface area contributed by atoms with E-state index in [2.05, 4.69) is 5.32 Å². The molecule has 0 aliphatic carbocycles. The fraction of sp³-hybridized carbons (Fsp3) is 0.118. The van der Waals surface area contributed by atoms with Crippen LogP contribution in [0.5, 0.6) is 11.5 Å². The van der Waals surface area contributed by atoms with Crippen LogP contribution in [-0.2, 0) is 0 Å². The summed E-state index contributed by atoms with van der Waals surface area (Å²) in [6.45, 7) is 0. The number of methoxy groups -OCH3 is 2. The van der Waals surface area contributed by atoms with E-state index < -0.39 is 0 Å². The van der Waals surface area contributed by atoms with Crippen LogP contribution in [0.4, 0.5) is 10.1 Å². The molecule has 4 nitrogen and oxygen atoms in total. The Morgan fingerprint density at radius 3 is 2.58 bits per heavy atom. The van der Waals surface area contributed by atoms with Gasteiger partial charge in [-0.15, -0.1) is 11.3 Å². The van der Waals surface area contributed by atoms with Crippen LogP contribution < -0.4 is 14.8 Å². The molecule has 7 heteroatoms. The Kier molecular flexibility index (Phi) is 4.59. The molecule has 0 radical (unpaired) electrons. The number of amides is 1. The zero-order valence-electron chi connectivity index (χ0n) is 12.9. The van der Waals surface area contributed by atoms with Crippen LogP contribution in [0, 0.1) is 5.82 Å². The van der Waals surface area contributed by atoms with Gasteiger partial charge in [-0.25, -0.2) is 4.39 Å². The minimum absolute atomic E-state index is 0.323. The number of anilines is 1. The Morgan fingerprint density at radius 1 is 1.12 bits per heavy atom. The van der Waals surface area contributed by atoms with Crippen molar-refractivity contribution >= 4 is 44.6 Å². The third-order valence-corrected chi connectivity index (χ3v) is 4.83. The molecule has 0 aliphatic rings. The largest absolute Gasteiger partial charge is 0.495 e. The van der Waals surface area contributed by atoms with Crippen molar-refractivity contribution in [3.63, 3.8) is 0 Å². The first-order valence-corrected chi connectivity index (χ1v) is 8.13. The maximum atomic E-state index is 13.3. The van der Waals surface area contributed by atoms with Crippen molar-refractivity contribution < 1.29 is 18.7 Å². The summed E-state index contributed by atoms with van der Waals surface area (Å²) in [6, 6.07) is 9.22. The molecular weight excluding hydrogens is 353 g/mol. The first kappa shape index (κ1) is 16.5. The Hall–Kier alpha value is -2.31. The molecule has 3 aromatic rings. The standard InChI is InChI=1S/C17H13ClFNO3S/c1-22-13-8-14(23-2)12(7-11(13)18)20-17(21)16-6-9-5-10(19)3-4-15(9)24-16/h3-8H,1-2H3,(H,20,21). The summed E-state index contributed by atoms with van der Waals surface area (Å²) in [5.74, 6) is 0.215. The van der Waals surface area contributed by atoms with Crippen LogP contribution in [0.3, 0.4) is 0 Å². The second-order valence-corrected chi connectivity index (χ2v) is 6.42. The predicted octanol–water partition coefficient (Wildman–Crippen LogP) is 4.96. The molecule has 124 valence electrons. The van der Waals surface area contributed by atoms with Crippen LogP contribution in [-0.4, -0.2) is 20.1 Å². The first-order chi connectivity index (χ1) is 11.5. The number of fused-ring (bicyclic) bond motifs is 1. The number of rotatable bonds is 4. The normalized spacial score (nSPS) is 10.7. The second-order valence-electron chi connectivity index (χ2n) is 4.93. The fourth-order valence-electron chi connectivity index (χ4n) is 2.27. The minimum atomic E-state index is -0.337. The van der Waals surface area contributed by atoms with Crippen molar-refractivity contribution in [2.24, 2.45) is 0 Å².